The van der Waals surface area contributed by atoms with Crippen LogP contribution in [0.2, 0.25) is 0 Å². The number of halogens is 1. The van der Waals surface area contributed by atoms with Crippen LogP contribution in [0.15, 0.2) is 0 Å². The van der Waals surface area contributed by atoms with Crippen molar-refractivity contribution in [1.29, 1.82) is 0 Å². The highest BCUT2D eigenvalue weighted by molar-refractivity contribution is 5.81. The van der Waals surface area contributed by atoms with Gasteiger partial charge in [-0.05, 0) is 20.9 Å². The molecule has 0 aromatic rings. The minimum atomic E-state index is -1.18. The average molecular weight is 159 g/mol. The molecule has 0 bridgehead atoms. The normalized spacial score (nSPS) is 39.5. The average Bonchev–Trinajstić information content (AvgIpc) is 2.05. The second-order valence-corrected chi connectivity index (χ2v) is 3.66. The Hall–Kier alpha value is -0.440. The van der Waals surface area contributed by atoms with Gasteiger partial charge >= 0.3 is 0 Å². The van der Waals surface area contributed by atoms with Crippen LogP contribution >= 0.6 is 0 Å². The Morgan fingerprint density at radius 1 is 1.73 bits per heavy atom. The summed E-state index contributed by atoms with van der Waals surface area (Å²) >= 11 is 0. The molecule has 64 valence electrons. The number of rotatable bonds is 1. The Bertz CT molecular complexity index is 179. The second kappa shape index (κ2) is 2.55. The van der Waals surface area contributed by atoms with Crippen LogP contribution in [-0.2, 0) is 4.79 Å². The predicted molar refractivity (Wildman–Crippen MR) is 41.2 cm³/mol. The standard InChI is InChI=1S/C8H14FNO/c1-6(11)7-4-8(2,9)5-10(7)3/h7H,4-5H2,1-3H3. The molecule has 0 amide bonds. The van der Waals surface area contributed by atoms with Gasteiger partial charge in [0, 0.05) is 13.0 Å². The fraction of sp³-hybridized carbons (Fsp3) is 0.875. The number of hydrogen-bond acceptors (Lipinski definition) is 2. The number of ketones is 1. The van der Waals surface area contributed by atoms with Crippen LogP contribution in [0.25, 0.3) is 0 Å². The van der Waals surface area contributed by atoms with Crippen molar-refractivity contribution in [3.8, 4) is 0 Å². The van der Waals surface area contributed by atoms with E-state index in [9.17, 15) is 9.18 Å². The molecule has 1 heterocycles. The minimum absolute atomic E-state index is 0.0638. The van der Waals surface area contributed by atoms with E-state index in [-0.39, 0.29) is 11.8 Å². The number of likely N-dealkylation sites (N-methyl/N-ethyl adjacent to an activating group) is 1. The van der Waals surface area contributed by atoms with E-state index in [1.165, 1.54) is 6.92 Å². The zero-order valence-electron chi connectivity index (χ0n) is 7.22. The number of alkyl halides is 1. The van der Waals surface area contributed by atoms with E-state index in [0.717, 1.165) is 0 Å². The predicted octanol–water partition coefficient (Wildman–Crippen LogP) is 1.01. The molecule has 0 aromatic carbocycles. The number of hydrogen-bond donors (Lipinski definition) is 0. The molecule has 1 rings (SSSR count). The first-order valence-corrected chi connectivity index (χ1v) is 3.82. The molecule has 0 radical (unpaired) electrons. The lowest BCUT2D eigenvalue weighted by molar-refractivity contribution is -0.120. The summed E-state index contributed by atoms with van der Waals surface area (Å²) in [5.74, 6) is 0.0638. The summed E-state index contributed by atoms with van der Waals surface area (Å²) in [6.07, 6.45) is 0.346. The van der Waals surface area contributed by atoms with Crippen molar-refractivity contribution in [1.82, 2.24) is 4.90 Å². The Labute approximate surface area is 66.4 Å². The monoisotopic (exact) mass is 159 g/mol. The van der Waals surface area contributed by atoms with Gasteiger partial charge < -0.3 is 0 Å². The number of carbonyl (C=O) groups is 1. The largest absolute Gasteiger partial charge is 0.298 e. The summed E-state index contributed by atoms with van der Waals surface area (Å²) in [4.78, 5) is 12.7. The molecular formula is C8H14FNO. The Balaban J connectivity index is 2.66. The van der Waals surface area contributed by atoms with Gasteiger partial charge in [0.1, 0.15) is 11.5 Å². The fourth-order valence-corrected chi connectivity index (χ4v) is 1.71. The molecule has 2 unspecified atom stereocenters. The topological polar surface area (TPSA) is 20.3 Å². The van der Waals surface area contributed by atoms with E-state index in [0.29, 0.717) is 13.0 Å². The first-order chi connectivity index (χ1) is 4.92. The van der Waals surface area contributed by atoms with Crippen molar-refractivity contribution in [2.75, 3.05) is 13.6 Å². The summed E-state index contributed by atoms with van der Waals surface area (Å²) in [6, 6.07) is -0.204. The molecule has 3 heteroatoms. The molecule has 1 fully saturated rings. The van der Waals surface area contributed by atoms with Gasteiger partial charge in [-0.3, -0.25) is 9.69 Å². The van der Waals surface area contributed by atoms with E-state index in [1.54, 1.807) is 18.9 Å². The number of carbonyl (C=O) groups excluding carboxylic acids is 1. The third-order valence-corrected chi connectivity index (χ3v) is 2.20. The van der Waals surface area contributed by atoms with Crippen molar-refractivity contribution in [2.24, 2.45) is 0 Å². The highest BCUT2D eigenvalue weighted by Crippen LogP contribution is 2.29. The quantitative estimate of drug-likeness (QED) is 0.569. The van der Waals surface area contributed by atoms with Crippen LogP contribution in [0.5, 0.6) is 0 Å². The van der Waals surface area contributed by atoms with Crippen LogP contribution in [0.4, 0.5) is 4.39 Å². The molecule has 11 heavy (non-hydrogen) atoms. The maximum atomic E-state index is 13.3. The molecule has 1 aliphatic rings. The van der Waals surface area contributed by atoms with Gasteiger partial charge in [0.2, 0.25) is 0 Å². The highest BCUT2D eigenvalue weighted by Gasteiger charge is 2.40. The molecule has 0 aliphatic carbocycles. The lowest BCUT2D eigenvalue weighted by Gasteiger charge is -2.14. The van der Waals surface area contributed by atoms with E-state index < -0.39 is 5.67 Å². The third-order valence-electron chi connectivity index (χ3n) is 2.20. The Morgan fingerprint density at radius 2 is 2.27 bits per heavy atom. The summed E-state index contributed by atoms with van der Waals surface area (Å²) in [5, 5.41) is 0. The Morgan fingerprint density at radius 3 is 2.45 bits per heavy atom. The summed E-state index contributed by atoms with van der Waals surface area (Å²) < 4.78 is 13.3. The molecule has 2 nitrogen and oxygen atoms in total. The van der Waals surface area contributed by atoms with Crippen molar-refractivity contribution in [2.45, 2.75) is 32.0 Å². The summed E-state index contributed by atoms with van der Waals surface area (Å²) in [5.41, 5.74) is -1.18. The zero-order valence-corrected chi connectivity index (χ0v) is 7.22. The van der Waals surface area contributed by atoms with Gasteiger partial charge in [0.15, 0.2) is 0 Å². The van der Waals surface area contributed by atoms with Crippen molar-refractivity contribution in [3.05, 3.63) is 0 Å². The lowest BCUT2D eigenvalue weighted by atomic mass is 10.0. The summed E-state index contributed by atoms with van der Waals surface area (Å²) in [6.45, 7) is 3.44. The molecule has 1 saturated heterocycles. The third kappa shape index (κ3) is 1.77. The van der Waals surface area contributed by atoms with Crippen LogP contribution < -0.4 is 0 Å². The smallest absolute Gasteiger partial charge is 0.147 e. The van der Waals surface area contributed by atoms with Gasteiger partial charge in [-0.1, -0.05) is 0 Å². The molecule has 0 N–H and O–H groups in total. The summed E-state index contributed by atoms with van der Waals surface area (Å²) in [7, 11) is 1.79. The van der Waals surface area contributed by atoms with Crippen LogP contribution in [0.1, 0.15) is 20.3 Å². The van der Waals surface area contributed by atoms with Gasteiger partial charge in [0.05, 0.1) is 6.04 Å². The molecule has 0 spiro atoms. The molecule has 0 aromatic heterocycles. The Kier molecular flexibility index (Phi) is 2.01. The fourth-order valence-electron chi connectivity index (χ4n) is 1.71. The highest BCUT2D eigenvalue weighted by atomic mass is 19.1. The molecule has 0 saturated carbocycles. The second-order valence-electron chi connectivity index (χ2n) is 3.66. The number of likely N-dealkylation sites (tertiary alicyclic amines) is 1. The van der Waals surface area contributed by atoms with Gasteiger partial charge in [-0.25, -0.2) is 4.39 Å². The molecule has 2 atom stereocenters. The first-order valence-electron chi connectivity index (χ1n) is 3.82. The lowest BCUT2D eigenvalue weighted by Crippen LogP contribution is -2.31. The number of nitrogens with zero attached hydrogens (tertiary/aromatic N) is 1. The first kappa shape index (κ1) is 8.65. The van der Waals surface area contributed by atoms with Crippen molar-refractivity contribution >= 4 is 5.78 Å². The van der Waals surface area contributed by atoms with Crippen molar-refractivity contribution in [3.63, 3.8) is 0 Å². The number of Topliss-reactive ketones (excluding diaryl/α,β-unsaturated/α-hetero) is 1. The maximum Gasteiger partial charge on any atom is 0.147 e. The van der Waals surface area contributed by atoms with Crippen molar-refractivity contribution < 1.29 is 9.18 Å². The van der Waals surface area contributed by atoms with Gasteiger partial charge in [-0.15, -0.1) is 0 Å². The molecular weight excluding hydrogens is 145 g/mol. The zero-order chi connectivity index (χ0) is 8.65. The maximum absolute atomic E-state index is 13.3. The minimum Gasteiger partial charge on any atom is -0.298 e. The van der Waals surface area contributed by atoms with E-state index >= 15 is 0 Å². The van der Waals surface area contributed by atoms with Crippen LogP contribution in [0, 0.1) is 0 Å². The van der Waals surface area contributed by atoms with Gasteiger partial charge in [0.25, 0.3) is 0 Å². The van der Waals surface area contributed by atoms with Crippen LogP contribution in [0.3, 0.4) is 0 Å². The molecule has 1 aliphatic heterocycles. The SMILES string of the molecule is CC(=O)C1CC(C)(F)CN1C. The van der Waals surface area contributed by atoms with E-state index in [2.05, 4.69) is 0 Å². The van der Waals surface area contributed by atoms with Crippen LogP contribution in [-0.4, -0.2) is 36.0 Å². The van der Waals surface area contributed by atoms with Gasteiger partial charge in [-0.2, -0.15) is 0 Å². The van der Waals surface area contributed by atoms with E-state index in [4.69, 9.17) is 0 Å². The van der Waals surface area contributed by atoms with E-state index in [1.807, 2.05) is 0 Å².